The second-order valence-corrected chi connectivity index (χ2v) is 8.09. The van der Waals surface area contributed by atoms with Crippen LogP contribution < -0.4 is 5.56 Å². The van der Waals surface area contributed by atoms with Crippen LogP contribution in [0.3, 0.4) is 0 Å². The fourth-order valence-corrected chi connectivity index (χ4v) is 4.35. The van der Waals surface area contributed by atoms with Crippen molar-refractivity contribution >= 4 is 17.9 Å². The standard InChI is InChI=1S/C24H29N5O.ClH/c1-6-19(7-2)21-13-17(4)29-22(21)24(30)27(5)23(26-29)20-9-8-18(12-16(20)3)14-28-11-10-25-15-28;/h8-13,15,19H,6-7,14H2,1-5H3;1H. The van der Waals surface area contributed by atoms with E-state index in [1.54, 1.807) is 10.8 Å². The fourth-order valence-electron chi connectivity index (χ4n) is 4.35. The van der Waals surface area contributed by atoms with Crippen molar-refractivity contribution in [3.05, 3.63) is 75.7 Å². The molecule has 0 atom stereocenters. The summed E-state index contributed by atoms with van der Waals surface area (Å²) in [6.07, 6.45) is 7.57. The molecule has 3 heterocycles. The maximum Gasteiger partial charge on any atom is 0.278 e. The van der Waals surface area contributed by atoms with E-state index in [1.807, 2.05) is 35.6 Å². The third-order valence-corrected chi connectivity index (χ3v) is 6.08. The number of hydrogen-bond donors (Lipinski definition) is 0. The van der Waals surface area contributed by atoms with Gasteiger partial charge in [-0.05, 0) is 55.4 Å². The van der Waals surface area contributed by atoms with Crippen LogP contribution in [-0.2, 0) is 13.6 Å². The molecule has 6 nitrogen and oxygen atoms in total. The van der Waals surface area contributed by atoms with Crippen molar-refractivity contribution in [2.24, 2.45) is 7.05 Å². The first-order valence-corrected chi connectivity index (χ1v) is 10.6. The highest BCUT2D eigenvalue weighted by molar-refractivity contribution is 5.85. The van der Waals surface area contributed by atoms with Gasteiger partial charge in [-0.3, -0.25) is 9.36 Å². The maximum atomic E-state index is 13.4. The molecule has 0 N–H and O–H groups in total. The summed E-state index contributed by atoms with van der Waals surface area (Å²) in [5.74, 6) is 1.06. The van der Waals surface area contributed by atoms with Crippen LogP contribution in [0.1, 0.15) is 55.0 Å². The highest BCUT2D eigenvalue weighted by Crippen LogP contribution is 2.29. The summed E-state index contributed by atoms with van der Waals surface area (Å²) in [7, 11) is 1.82. The van der Waals surface area contributed by atoms with Gasteiger partial charge >= 0.3 is 0 Å². The average Bonchev–Trinajstić information content (AvgIpc) is 3.34. The van der Waals surface area contributed by atoms with Gasteiger partial charge in [0.15, 0.2) is 5.82 Å². The average molecular weight is 440 g/mol. The van der Waals surface area contributed by atoms with Gasteiger partial charge in [0.05, 0.1) is 6.33 Å². The van der Waals surface area contributed by atoms with Crippen LogP contribution >= 0.6 is 12.4 Å². The molecule has 0 radical (unpaired) electrons. The summed E-state index contributed by atoms with van der Waals surface area (Å²) in [5, 5.41) is 4.91. The lowest BCUT2D eigenvalue weighted by atomic mass is 9.95. The number of rotatable bonds is 6. The Morgan fingerprint density at radius 2 is 1.84 bits per heavy atom. The smallest absolute Gasteiger partial charge is 0.278 e. The number of hydrogen-bond acceptors (Lipinski definition) is 3. The Labute approximate surface area is 189 Å². The predicted octanol–water partition coefficient (Wildman–Crippen LogP) is 4.89. The summed E-state index contributed by atoms with van der Waals surface area (Å²) in [6.45, 7) is 9.21. The van der Waals surface area contributed by atoms with Gasteiger partial charge in [-0.15, -0.1) is 17.5 Å². The topological polar surface area (TPSA) is 57.1 Å². The van der Waals surface area contributed by atoms with E-state index in [1.165, 1.54) is 5.56 Å². The second-order valence-electron chi connectivity index (χ2n) is 8.09. The SMILES string of the molecule is CCC(CC)c1cc(C)n2nc(-c3ccc(Cn4ccnc4)cc3C)n(C)c(=O)c12.Cl. The minimum atomic E-state index is 0. The fraction of sp³-hybridized carbons (Fsp3) is 0.375. The van der Waals surface area contributed by atoms with Crippen molar-refractivity contribution in [3.8, 4) is 11.4 Å². The van der Waals surface area contributed by atoms with Gasteiger partial charge < -0.3 is 4.57 Å². The minimum Gasteiger partial charge on any atom is -0.333 e. The summed E-state index contributed by atoms with van der Waals surface area (Å²) in [6, 6.07) is 8.45. The van der Waals surface area contributed by atoms with Gasteiger partial charge in [-0.25, -0.2) is 9.50 Å². The first kappa shape index (κ1) is 22.8. The first-order valence-electron chi connectivity index (χ1n) is 10.6. The van der Waals surface area contributed by atoms with E-state index in [4.69, 9.17) is 5.10 Å². The number of nitrogens with zero attached hydrogens (tertiary/aromatic N) is 5. The molecule has 1 aromatic carbocycles. The molecular formula is C24H30ClN5O. The van der Waals surface area contributed by atoms with E-state index in [2.05, 4.69) is 50.0 Å². The zero-order valence-electron chi connectivity index (χ0n) is 18.8. The van der Waals surface area contributed by atoms with Crippen LogP contribution in [0.5, 0.6) is 0 Å². The van der Waals surface area contributed by atoms with Crippen molar-refractivity contribution in [3.63, 3.8) is 0 Å². The molecule has 4 rings (SSSR count). The van der Waals surface area contributed by atoms with E-state index in [-0.39, 0.29) is 18.0 Å². The molecule has 164 valence electrons. The number of benzene rings is 1. The summed E-state index contributed by atoms with van der Waals surface area (Å²) in [4.78, 5) is 17.5. The monoisotopic (exact) mass is 439 g/mol. The largest absolute Gasteiger partial charge is 0.333 e. The van der Waals surface area contributed by atoms with Crippen molar-refractivity contribution in [2.45, 2.75) is 53.0 Å². The third-order valence-electron chi connectivity index (χ3n) is 6.08. The molecule has 7 heteroatoms. The van der Waals surface area contributed by atoms with Crippen LogP contribution in [0.2, 0.25) is 0 Å². The van der Waals surface area contributed by atoms with E-state index in [0.717, 1.165) is 41.8 Å². The maximum absolute atomic E-state index is 13.4. The highest BCUT2D eigenvalue weighted by atomic mass is 35.5. The molecule has 0 saturated carbocycles. The van der Waals surface area contributed by atoms with Gasteiger partial charge in [0, 0.05) is 37.2 Å². The van der Waals surface area contributed by atoms with E-state index in [9.17, 15) is 4.79 Å². The molecule has 0 spiro atoms. The summed E-state index contributed by atoms with van der Waals surface area (Å²) >= 11 is 0. The highest BCUT2D eigenvalue weighted by Gasteiger charge is 2.21. The zero-order valence-corrected chi connectivity index (χ0v) is 19.6. The Balaban J connectivity index is 0.00000272. The van der Waals surface area contributed by atoms with Crippen molar-refractivity contribution in [1.29, 1.82) is 0 Å². The lowest BCUT2D eigenvalue weighted by Crippen LogP contribution is -2.24. The molecule has 3 aromatic heterocycles. The summed E-state index contributed by atoms with van der Waals surface area (Å²) < 4.78 is 5.57. The molecular weight excluding hydrogens is 410 g/mol. The van der Waals surface area contributed by atoms with Gasteiger partial charge in [0.1, 0.15) is 5.52 Å². The van der Waals surface area contributed by atoms with E-state index >= 15 is 0 Å². The Kier molecular flexibility index (Phi) is 6.70. The van der Waals surface area contributed by atoms with Crippen LogP contribution in [-0.4, -0.2) is 23.7 Å². The molecule has 0 aliphatic heterocycles. The molecule has 31 heavy (non-hydrogen) atoms. The summed E-state index contributed by atoms with van der Waals surface area (Å²) in [5.41, 5.74) is 6.10. The molecule has 0 aliphatic rings. The molecule has 0 fully saturated rings. The quantitative estimate of drug-likeness (QED) is 0.430. The Morgan fingerprint density at radius 1 is 1.10 bits per heavy atom. The number of fused-ring (bicyclic) bond motifs is 1. The Hall–Kier alpha value is -2.86. The molecule has 0 saturated heterocycles. The van der Waals surface area contributed by atoms with E-state index < -0.39 is 0 Å². The minimum absolute atomic E-state index is 0. The van der Waals surface area contributed by atoms with Gasteiger partial charge in [0.2, 0.25) is 0 Å². The number of halogens is 1. The van der Waals surface area contributed by atoms with Crippen molar-refractivity contribution in [2.75, 3.05) is 0 Å². The lowest BCUT2D eigenvalue weighted by Gasteiger charge is -2.15. The number of imidazole rings is 1. The van der Waals surface area contributed by atoms with Crippen LogP contribution in [0.4, 0.5) is 0 Å². The van der Waals surface area contributed by atoms with E-state index in [0.29, 0.717) is 17.3 Å². The molecule has 0 bridgehead atoms. The number of aryl methyl sites for hydroxylation is 2. The molecule has 0 unspecified atom stereocenters. The predicted molar refractivity (Wildman–Crippen MR) is 127 cm³/mol. The van der Waals surface area contributed by atoms with Gasteiger partial charge in [-0.2, -0.15) is 0 Å². The molecule has 4 aromatic rings. The first-order chi connectivity index (χ1) is 14.4. The van der Waals surface area contributed by atoms with Crippen molar-refractivity contribution < 1.29 is 0 Å². The van der Waals surface area contributed by atoms with Crippen LogP contribution in [0, 0.1) is 13.8 Å². The normalized spacial score (nSPS) is 11.3. The molecule has 0 aliphatic carbocycles. The lowest BCUT2D eigenvalue weighted by molar-refractivity contribution is 0.644. The Bertz CT molecular complexity index is 1250. The number of aromatic nitrogens is 5. The zero-order chi connectivity index (χ0) is 21.4. The van der Waals surface area contributed by atoms with Gasteiger partial charge in [0.25, 0.3) is 5.56 Å². The van der Waals surface area contributed by atoms with Crippen LogP contribution in [0.15, 0.2) is 47.8 Å². The van der Waals surface area contributed by atoms with Crippen LogP contribution in [0.25, 0.3) is 16.9 Å². The Morgan fingerprint density at radius 3 is 2.45 bits per heavy atom. The second kappa shape index (κ2) is 9.10. The van der Waals surface area contributed by atoms with Crippen molar-refractivity contribution in [1.82, 2.24) is 23.7 Å². The van der Waals surface area contributed by atoms with Gasteiger partial charge in [-0.1, -0.05) is 32.0 Å². The molecule has 0 amide bonds. The third kappa shape index (κ3) is 4.04.